The van der Waals surface area contributed by atoms with Crippen LogP contribution < -0.4 is 5.32 Å². The molecular weight excluding hydrogens is 454 g/mol. The minimum Gasteiger partial charge on any atom is -0.439 e. The van der Waals surface area contributed by atoms with Crippen molar-refractivity contribution in [3.8, 4) is 0 Å². The summed E-state index contributed by atoms with van der Waals surface area (Å²) in [5.74, 6) is -1.39. The van der Waals surface area contributed by atoms with Crippen molar-refractivity contribution in [1.82, 2.24) is 0 Å². The molecule has 0 spiro atoms. The number of halogens is 5. The molecule has 1 N–H and O–H groups in total. The lowest BCUT2D eigenvalue weighted by atomic mass is 10.2. The highest BCUT2D eigenvalue weighted by molar-refractivity contribution is 7.91. The summed E-state index contributed by atoms with van der Waals surface area (Å²) in [5, 5.41) is 1.86. The average Bonchev–Trinajstić information content (AvgIpc) is 3.14. The minimum absolute atomic E-state index is 0.107. The first-order chi connectivity index (χ1) is 13.5. The Bertz CT molecular complexity index is 1170. The number of alkyl halides is 3. The first-order valence-corrected chi connectivity index (χ1v) is 10.0. The van der Waals surface area contributed by atoms with Gasteiger partial charge in [0.2, 0.25) is 14.9 Å². The fourth-order valence-electron chi connectivity index (χ4n) is 2.30. The van der Waals surface area contributed by atoms with E-state index >= 15 is 0 Å². The van der Waals surface area contributed by atoms with Gasteiger partial charge in [-0.1, -0.05) is 23.2 Å². The molecule has 0 radical (unpaired) electrons. The maximum absolute atomic E-state index is 12.8. The number of hydrogen-bond donors (Lipinski definition) is 1. The van der Waals surface area contributed by atoms with Crippen molar-refractivity contribution >= 4 is 44.6 Å². The maximum Gasteiger partial charge on any atom is 0.416 e. The van der Waals surface area contributed by atoms with Crippen LogP contribution in [0.25, 0.3) is 0 Å². The van der Waals surface area contributed by atoms with Gasteiger partial charge in [0, 0.05) is 5.02 Å². The van der Waals surface area contributed by atoms with E-state index in [-0.39, 0.29) is 15.6 Å². The Labute approximate surface area is 173 Å². The zero-order chi connectivity index (χ0) is 21.4. The topological polar surface area (TPSA) is 76.4 Å². The molecule has 1 aromatic heterocycles. The largest absolute Gasteiger partial charge is 0.439 e. The lowest BCUT2D eigenvalue weighted by molar-refractivity contribution is -0.137. The molecule has 3 aromatic rings. The molecule has 0 unspecified atom stereocenters. The van der Waals surface area contributed by atoms with Gasteiger partial charge in [-0.3, -0.25) is 4.79 Å². The summed E-state index contributed by atoms with van der Waals surface area (Å²) in [6.45, 7) is 0. The standard InChI is InChI=1S/C18H10Cl2F3NO4S/c19-11-2-4-12(5-3-11)29(26,27)16-8-7-15(28-16)17(25)24-14-9-10(18(21,22)23)1-6-13(14)20/h1-9H,(H,24,25). The van der Waals surface area contributed by atoms with Crippen molar-refractivity contribution in [1.29, 1.82) is 0 Å². The summed E-state index contributed by atoms with van der Waals surface area (Å²) in [6, 6.07) is 9.84. The Balaban J connectivity index is 1.86. The van der Waals surface area contributed by atoms with E-state index in [9.17, 15) is 26.4 Å². The second kappa shape index (κ2) is 7.74. The van der Waals surface area contributed by atoms with Crippen LogP contribution in [0, 0.1) is 0 Å². The molecule has 1 heterocycles. The van der Waals surface area contributed by atoms with E-state index < -0.39 is 38.3 Å². The number of rotatable bonds is 4. The summed E-state index contributed by atoms with van der Waals surface area (Å²) in [5.41, 5.74) is -1.31. The van der Waals surface area contributed by atoms with Crippen LogP contribution in [-0.4, -0.2) is 14.3 Å². The smallest absolute Gasteiger partial charge is 0.416 e. The van der Waals surface area contributed by atoms with E-state index in [1.54, 1.807) is 0 Å². The third kappa shape index (κ3) is 4.58. The molecule has 0 atom stereocenters. The van der Waals surface area contributed by atoms with Gasteiger partial charge in [-0.15, -0.1) is 0 Å². The number of carbonyl (C=O) groups is 1. The summed E-state index contributed by atoms with van der Waals surface area (Å²) in [6.07, 6.45) is -4.63. The zero-order valence-corrected chi connectivity index (χ0v) is 16.5. The van der Waals surface area contributed by atoms with E-state index in [2.05, 4.69) is 5.32 Å². The third-order valence-corrected chi connectivity index (χ3v) is 5.96. The molecule has 0 saturated carbocycles. The highest BCUT2D eigenvalue weighted by Gasteiger charge is 2.31. The van der Waals surface area contributed by atoms with Crippen molar-refractivity contribution in [2.75, 3.05) is 5.32 Å². The number of sulfone groups is 1. The molecule has 0 fully saturated rings. The molecule has 2 aromatic carbocycles. The van der Waals surface area contributed by atoms with Gasteiger partial charge in [-0.25, -0.2) is 8.42 Å². The lowest BCUT2D eigenvalue weighted by Gasteiger charge is -2.11. The molecule has 0 aliphatic heterocycles. The molecule has 152 valence electrons. The van der Waals surface area contributed by atoms with Crippen molar-refractivity contribution in [2.24, 2.45) is 0 Å². The summed E-state index contributed by atoms with van der Waals surface area (Å²) in [4.78, 5) is 12.2. The van der Waals surface area contributed by atoms with Crippen LogP contribution in [0.15, 0.2) is 69.0 Å². The number of amides is 1. The SMILES string of the molecule is O=C(Nc1cc(C(F)(F)F)ccc1Cl)c1ccc(S(=O)(=O)c2ccc(Cl)cc2)o1. The van der Waals surface area contributed by atoms with Crippen molar-refractivity contribution in [3.05, 3.63) is 76.0 Å². The van der Waals surface area contributed by atoms with E-state index in [1.807, 2.05) is 0 Å². The minimum atomic E-state index is -4.63. The summed E-state index contributed by atoms with van der Waals surface area (Å²) in [7, 11) is -4.06. The molecule has 1 amide bonds. The maximum atomic E-state index is 12.8. The predicted octanol–water partition coefficient (Wildman–Crippen LogP) is 5.69. The van der Waals surface area contributed by atoms with Crippen molar-refractivity contribution in [2.45, 2.75) is 16.2 Å². The molecule has 0 aliphatic carbocycles. The number of anilines is 1. The van der Waals surface area contributed by atoms with Gasteiger partial charge in [0.05, 0.1) is 21.2 Å². The highest BCUT2D eigenvalue weighted by Crippen LogP contribution is 2.34. The second-order valence-electron chi connectivity index (χ2n) is 5.72. The Kier molecular flexibility index (Phi) is 5.66. The van der Waals surface area contributed by atoms with Crippen LogP contribution in [0.1, 0.15) is 16.1 Å². The molecule has 29 heavy (non-hydrogen) atoms. The average molecular weight is 464 g/mol. The zero-order valence-electron chi connectivity index (χ0n) is 14.1. The number of nitrogens with one attached hydrogen (secondary N) is 1. The monoisotopic (exact) mass is 463 g/mol. The quantitative estimate of drug-likeness (QED) is 0.538. The lowest BCUT2D eigenvalue weighted by Crippen LogP contribution is -2.13. The molecule has 0 aliphatic rings. The van der Waals surface area contributed by atoms with Crippen LogP contribution in [0.2, 0.25) is 10.0 Å². The van der Waals surface area contributed by atoms with Gasteiger partial charge < -0.3 is 9.73 Å². The Morgan fingerprint density at radius 3 is 2.24 bits per heavy atom. The van der Waals surface area contributed by atoms with Crippen LogP contribution in [0.5, 0.6) is 0 Å². The van der Waals surface area contributed by atoms with Crippen LogP contribution >= 0.6 is 23.2 Å². The Morgan fingerprint density at radius 1 is 0.966 bits per heavy atom. The van der Waals surface area contributed by atoms with E-state index in [4.69, 9.17) is 27.6 Å². The predicted molar refractivity (Wildman–Crippen MR) is 100 cm³/mol. The van der Waals surface area contributed by atoms with Gasteiger partial charge in [0.1, 0.15) is 0 Å². The van der Waals surface area contributed by atoms with E-state index in [0.29, 0.717) is 11.1 Å². The summed E-state index contributed by atoms with van der Waals surface area (Å²) < 4.78 is 68.7. The van der Waals surface area contributed by atoms with Crippen molar-refractivity contribution < 1.29 is 30.8 Å². The highest BCUT2D eigenvalue weighted by atomic mass is 35.5. The first-order valence-electron chi connectivity index (χ1n) is 7.77. The Morgan fingerprint density at radius 2 is 1.62 bits per heavy atom. The van der Waals surface area contributed by atoms with Crippen LogP contribution in [0.4, 0.5) is 18.9 Å². The second-order valence-corrected chi connectivity index (χ2v) is 8.45. The van der Waals surface area contributed by atoms with Gasteiger partial charge in [-0.05, 0) is 54.6 Å². The number of furan rings is 1. The molecular formula is C18H10Cl2F3NO4S. The van der Waals surface area contributed by atoms with Crippen LogP contribution in [-0.2, 0) is 16.0 Å². The Hall–Kier alpha value is -2.49. The molecule has 0 bridgehead atoms. The van der Waals surface area contributed by atoms with Gasteiger partial charge in [0.15, 0.2) is 5.76 Å². The number of carbonyl (C=O) groups excluding carboxylic acids is 1. The van der Waals surface area contributed by atoms with Crippen LogP contribution in [0.3, 0.4) is 0 Å². The summed E-state index contributed by atoms with van der Waals surface area (Å²) >= 11 is 11.6. The van der Waals surface area contributed by atoms with Gasteiger partial charge in [0.25, 0.3) is 5.91 Å². The van der Waals surface area contributed by atoms with Gasteiger partial charge >= 0.3 is 6.18 Å². The number of benzene rings is 2. The molecule has 3 rings (SSSR count). The molecule has 0 saturated heterocycles. The fourth-order valence-corrected chi connectivity index (χ4v) is 3.76. The van der Waals surface area contributed by atoms with Crippen molar-refractivity contribution in [3.63, 3.8) is 0 Å². The fraction of sp³-hybridized carbons (Fsp3) is 0.0556. The first kappa shape index (κ1) is 21.2. The normalized spacial score (nSPS) is 12.0. The molecule has 11 heteroatoms. The molecule has 5 nitrogen and oxygen atoms in total. The van der Waals surface area contributed by atoms with E-state index in [0.717, 1.165) is 24.3 Å². The number of hydrogen-bond acceptors (Lipinski definition) is 4. The van der Waals surface area contributed by atoms with Gasteiger partial charge in [-0.2, -0.15) is 13.2 Å². The van der Waals surface area contributed by atoms with E-state index in [1.165, 1.54) is 24.3 Å². The third-order valence-electron chi connectivity index (χ3n) is 3.74.